The van der Waals surface area contributed by atoms with Crippen molar-refractivity contribution in [3.05, 3.63) is 130 Å². The highest BCUT2D eigenvalue weighted by molar-refractivity contribution is 5.89. The molecule has 0 aliphatic carbocycles. The Morgan fingerprint density at radius 2 is 0.910 bits per heavy atom. The molecule has 4 aromatic carbocycles. The molecule has 0 bridgehead atoms. The van der Waals surface area contributed by atoms with Crippen LogP contribution in [0.4, 0.5) is 21.0 Å². The van der Waals surface area contributed by atoms with Crippen molar-refractivity contribution < 1.29 is 28.7 Å². The summed E-state index contributed by atoms with van der Waals surface area (Å²) in [4.78, 5) is 55.4. The number of carbonyl (C=O) groups is 4. The van der Waals surface area contributed by atoms with Crippen molar-refractivity contribution in [2.75, 3.05) is 63.1 Å². The van der Waals surface area contributed by atoms with E-state index >= 15 is 0 Å². The third kappa shape index (κ3) is 22.7. The summed E-state index contributed by atoms with van der Waals surface area (Å²) in [6.45, 7) is 17.3. The summed E-state index contributed by atoms with van der Waals surface area (Å²) in [7, 11) is 0. The summed E-state index contributed by atoms with van der Waals surface area (Å²) in [6, 6.07) is 31.3. The predicted octanol–water partition coefficient (Wildman–Crippen LogP) is 11.4. The summed E-state index contributed by atoms with van der Waals surface area (Å²) >= 11 is 0. The number of ether oxygens (including phenoxy) is 2. The number of carbonyl (C=O) groups excluding carboxylic acids is 4. The highest BCUT2D eigenvalue weighted by Gasteiger charge is 2.14. The molecule has 11 nitrogen and oxygen atoms in total. The molecule has 3 amide bonds. The monoisotopic (exact) mass is 918 g/mol. The number of ketones is 1. The van der Waals surface area contributed by atoms with E-state index in [1.54, 1.807) is 6.92 Å². The van der Waals surface area contributed by atoms with Crippen LogP contribution in [-0.4, -0.2) is 92.2 Å². The van der Waals surface area contributed by atoms with Gasteiger partial charge < -0.3 is 29.9 Å². The molecule has 4 aromatic rings. The Kier molecular flexibility index (Phi) is 25.4. The zero-order chi connectivity index (χ0) is 48.1. The largest absolute Gasteiger partial charge is 0.461 e. The second kappa shape index (κ2) is 31.5. The van der Waals surface area contributed by atoms with Crippen LogP contribution in [0, 0.1) is 0 Å². The van der Waals surface area contributed by atoms with E-state index in [9.17, 15) is 19.2 Å². The molecule has 0 aromatic heterocycles. The summed E-state index contributed by atoms with van der Waals surface area (Å²) in [5.74, 6) is -0.103. The standard InChI is InChI=1S/C56H79N5O6/c1-6-10-33-60(34-11-7-2)37-14-15-53(62)41-49-20-16-45(17-21-49)39-46-18-22-50(23-19-46)42-54(63)66-43-44(5)67-56(65)59-52-30-26-48(27-31-52)40-47-24-28-51(29-25-47)58-55(64)57-32-38-61(35-12-8-3)36-13-9-4/h16-31,44H,6-15,32-43H2,1-5H3,(H,59,65)(H2,57,58,64). The molecule has 11 heteroatoms. The molecule has 0 heterocycles. The number of urea groups is 1. The Hall–Kier alpha value is -5.52. The average molecular weight is 918 g/mol. The lowest BCUT2D eigenvalue weighted by Crippen LogP contribution is -2.37. The fourth-order valence-corrected chi connectivity index (χ4v) is 7.74. The lowest BCUT2D eigenvalue weighted by molar-refractivity contribution is -0.145. The van der Waals surface area contributed by atoms with Crippen molar-refractivity contribution >= 4 is 35.3 Å². The molecule has 0 radical (unpaired) electrons. The minimum absolute atomic E-state index is 0.0580. The van der Waals surface area contributed by atoms with E-state index in [0.717, 1.165) is 104 Å². The lowest BCUT2D eigenvalue weighted by atomic mass is 9.99. The quantitative estimate of drug-likeness (QED) is 0.0413. The molecule has 0 aliphatic heterocycles. The Morgan fingerprint density at radius 1 is 0.507 bits per heavy atom. The van der Waals surface area contributed by atoms with Crippen LogP contribution in [0.5, 0.6) is 0 Å². The number of rotatable bonds is 32. The number of benzene rings is 4. The van der Waals surface area contributed by atoms with Crippen molar-refractivity contribution in [2.45, 2.75) is 131 Å². The number of nitrogens with zero attached hydrogens (tertiary/aromatic N) is 2. The minimum atomic E-state index is -0.642. The van der Waals surface area contributed by atoms with Crippen LogP contribution in [-0.2, 0) is 44.7 Å². The Bertz CT molecular complexity index is 2010. The third-order valence-electron chi connectivity index (χ3n) is 11.8. The molecule has 4 rings (SSSR count). The number of Topliss-reactive ketones (excluding diaryl/α,β-unsaturated/α-hetero) is 1. The van der Waals surface area contributed by atoms with Gasteiger partial charge in [-0.15, -0.1) is 0 Å². The van der Waals surface area contributed by atoms with Gasteiger partial charge in [-0.2, -0.15) is 0 Å². The first-order valence-corrected chi connectivity index (χ1v) is 25.0. The van der Waals surface area contributed by atoms with Gasteiger partial charge in [0.05, 0.1) is 6.42 Å². The molecular weight excluding hydrogens is 839 g/mol. The van der Waals surface area contributed by atoms with Crippen molar-refractivity contribution in [1.82, 2.24) is 15.1 Å². The van der Waals surface area contributed by atoms with Crippen LogP contribution in [0.15, 0.2) is 97.1 Å². The van der Waals surface area contributed by atoms with Gasteiger partial charge in [0.1, 0.15) is 18.5 Å². The first kappa shape index (κ1) is 54.1. The average Bonchev–Trinajstić information content (AvgIpc) is 3.32. The van der Waals surface area contributed by atoms with Gasteiger partial charge in [-0.05, 0) is 142 Å². The van der Waals surface area contributed by atoms with Gasteiger partial charge in [0.2, 0.25) is 0 Å². The van der Waals surface area contributed by atoms with E-state index in [1.165, 1.54) is 38.5 Å². The minimum Gasteiger partial charge on any atom is -0.461 e. The summed E-state index contributed by atoms with van der Waals surface area (Å²) in [5.41, 5.74) is 7.64. The van der Waals surface area contributed by atoms with Crippen molar-refractivity contribution in [3.63, 3.8) is 0 Å². The summed E-state index contributed by atoms with van der Waals surface area (Å²) < 4.78 is 10.9. The topological polar surface area (TPSA) is 129 Å². The van der Waals surface area contributed by atoms with Gasteiger partial charge >= 0.3 is 18.1 Å². The normalized spacial score (nSPS) is 11.6. The number of hydrogen-bond acceptors (Lipinski definition) is 8. The molecule has 0 saturated heterocycles. The number of hydrogen-bond donors (Lipinski definition) is 3. The van der Waals surface area contributed by atoms with Crippen molar-refractivity contribution in [2.24, 2.45) is 0 Å². The second-order valence-electron chi connectivity index (χ2n) is 17.9. The predicted molar refractivity (Wildman–Crippen MR) is 273 cm³/mol. The molecular formula is C56H79N5O6. The Morgan fingerprint density at radius 3 is 1.39 bits per heavy atom. The highest BCUT2D eigenvalue weighted by Crippen LogP contribution is 2.18. The molecule has 0 saturated carbocycles. The second-order valence-corrected chi connectivity index (χ2v) is 17.9. The zero-order valence-corrected chi connectivity index (χ0v) is 41.2. The maximum Gasteiger partial charge on any atom is 0.412 e. The number of nitrogens with one attached hydrogen (secondary N) is 3. The first-order chi connectivity index (χ1) is 32.5. The van der Waals surface area contributed by atoms with Gasteiger partial charge in [0, 0.05) is 37.3 Å². The lowest BCUT2D eigenvalue weighted by Gasteiger charge is -2.22. The number of esters is 1. The van der Waals surface area contributed by atoms with Crippen LogP contribution in [0.25, 0.3) is 0 Å². The van der Waals surface area contributed by atoms with E-state index in [-0.39, 0.29) is 19.1 Å². The van der Waals surface area contributed by atoms with E-state index in [0.29, 0.717) is 37.3 Å². The van der Waals surface area contributed by atoms with Gasteiger partial charge in [0.15, 0.2) is 0 Å². The molecule has 1 atom stereocenters. The van der Waals surface area contributed by atoms with Gasteiger partial charge in [0.25, 0.3) is 0 Å². The van der Waals surface area contributed by atoms with E-state index in [4.69, 9.17) is 9.47 Å². The number of anilines is 2. The molecule has 0 spiro atoms. The molecule has 0 fully saturated rings. The maximum absolute atomic E-state index is 12.7. The fraction of sp³-hybridized carbons (Fsp3) is 0.500. The summed E-state index contributed by atoms with van der Waals surface area (Å²) in [5, 5.41) is 8.65. The highest BCUT2D eigenvalue weighted by atomic mass is 16.6. The van der Waals surface area contributed by atoms with E-state index < -0.39 is 18.2 Å². The first-order valence-electron chi connectivity index (χ1n) is 25.0. The summed E-state index contributed by atoms with van der Waals surface area (Å²) in [6.07, 6.45) is 11.8. The van der Waals surface area contributed by atoms with E-state index in [2.05, 4.69) is 77.7 Å². The van der Waals surface area contributed by atoms with Gasteiger partial charge in [-0.25, -0.2) is 9.59 Å². The molecule has 0 aliphatic rings. The number of amides is 3. The van der Waals surface area contributed by atoms with Crippen LogP contribution in [0.3, 0.4) is 0 Å². The van der Waals surface area contributed by atoms with Gasteiger partial charge in [-0.1, -0.05) is 126 Å². The van der Waals surface area contributed by atoms with Crippen LogP contribution >= 0.6 is 0 Å². The van der Waals surface area contributed by atoms with Crippen LogP contribution < -0.4 is 16.0 Å². The fourth-order valence-electron chi connectivity index (χ4n) is 7.74. The molecule has 3 N–H and O–H groups in total. The number of unbranched alkanes of at least 4 members (excludes halogenated alkanes) is 4. The van der Waals surface area contributed by atoms with Crippen molar-refractivity contribution in [1.29, 1.82) is 0 Å². The molecule has 67 heavy (non-hydrogen) atoms. The SMILES string of the molecule is CCCCN(CCCC)CCCC(=O)Cc1ccc(Cc2ccc(CC(=O)OCC(C)OC(=O)Nc3ccc(Cc4ccc(NC(=O)NCCN(CCCC)CCCC)cc4)cc3)cc2)cc1. The zero-order valence-electron chi connectivity index (χ0n) is 41.2. The molecule has 1 unspecified atom stereocenters. The Balaban J connectivity index is 1.09. The van der Waals surface area contributed by atoms with Crippen LogP contribution in [0.2, 0.25) is 0 Å². The Labute approximate surface area is 401 Å². The third-order valence-corrected chi connectivity index (χ3v) is 11.8. The molecule has 364 valence electrons. The maximum atomic E-state index is 12.7. The smallest absolute Gasteiger partial charge is 0.412 e. The van der Waals surface area contributed by atoms with E-state index in [1.807, 2.05) is 72.8 Å². The van der Waals surface area contributed by atoms with Crippen LogP contribution in [0.1, 0.15) is 132 Å². The van der Waals surface area contributed by atoms with Crippen molar-refractivity contribution in [3.8, 4) is 0 Å². The van der Waals surface area contributed by atoms with Gasteiger partial charge in [-0.3, -0.25) is 14.9 Å².